The first-order valence-corrected chi connectivity index (χ1v) is 7.83. The van der Waals surface area contributed by atoms with E-state index in [2.05, 4.69) is 10.3 Å². The second-order valence-corrected chi connectivity index (χ2v) is 5.68. The molecule has 0 aliphatic rings. The Morgan fingerprint density at radius 2 is 2.00 bits per heavy atom. The summed E-state index contributed by atoms with van der Waals surface area (Å²) in [5.41, 5.74) is 2.43. The number of hydrogen-bond donors (Lipinski definition) is 1. The van der Waals surface area contributed by atoms with Gasteiger partial charge in [0, 0.05) is 19.2 Å². The van der Waals surface area contributed by atoms with Crippen molar-refractivity contribution in [2.45, 2.75) is 19.9 Å². The summed E-state index contributed by atoms with van der Waals surface area (Å²) in [6.07, 6.45) is 2.15. The Morgan fingerprint density at radius 3 is 2.68 bits per heavy atom. The smallest absolute Gasteiger partial charge is 0.262 e. The van der Waals surface area contributed by atoms with E-state index in [1.54, 1.807) is 18.2 Å². The van der Waals surface area contributed by atoms with E-state index in [-0.39, 0.29) is 11.5 Å². The fraction of sp³-hybridized carbons (Fsp3) is 0.158. The minimum atomic E-state index is -0.211. The molecule has 1 amide bonds. The second kappa shape index (κ2) is 6.97. The van der Waals surface area contributed by atoms with Gasteiger partial charge in [-0.2, -0.15) is 5.26 Å². The number of benzene rings is 2. The highest BCUT2D eigenvalue weighted by molar-refractivity contribution is 5.88. The molecule has 0 bridgehead atoms. The van der Waals surface area contributed by atoms with Crippen LogP contribution in [0.15, 0.2) is 53.6 Å². The molecule has 0 saturated carbocycles. The number of carbonyl (C=O) groups excluding carboxylic acids is 1. The van der Waals surface area contributed by atoms with Crippen LogP contribution in [0.25, 0.3) is 10.9 Å². The number of nitrogens with zero attached hydrogens (tertiary/aromatic N) is 3. The van der Waals surface area contributed by atoms with Crippen molar-refractivity contribution in [2.75, 3.05) is 5.32 Å². The third-order valence-corrected chi connectivity index (χ3v) is 3.89. The van der Waals surface area contributed by atoms with Gasteiger partial charge >= 0.3 is 0 Å². The van der Waals surface area contributed by atoms with Gasteiger partial charge in [-0.3, -0.25) is 14.2 Å². The van der Waals surface area contributed by atoms with Gasteiger partial charge in [-0.15, -0.1) is 0 Å². The summed E-state index contributed by atoms with van der Waals surface area (Å²) in [5.74, 6) is -0.116. The fourth-order valence-corrected chi connectivity index (χ4v) is 2.66. The zero-order valence-electron chi connectivity index (χ0n) is 13.7. The number of hydrogen-bond acceptors (Lipinski definition) is 4. The van der Waals surface area contributed by atoms with Gasteiger partial charge in [0.15, 0.2) is 0 Å². The molecule has 0 spiro atoms. The Kier molecular flexibility index (Phi) is 4.57. The Morgan fingerprint density at radius 1 is 1.24 bits per heavy atom. The van der Waals surface area contributed by atoms with Gasteiger partial charge in [0.2, 0.25) is 5.91 Å². The summed E-state index contributed by atoms with van der Waals surface area (Å²) in [7, 11) is 0. The molecule has 0 atom stereocenters. The average Bonchev–Trinajstić information content (AvgIpc) is 2.61. The summed E-state index contributed by atoms with van der Waals surface area (Å²) < 4.78 is 1.52. The predicted molar refractivity (Wildman–Crippen MR) is 95.2 cm³/mol. The molecule has 6 nitrogen and oxygen atoms in total. The highest BCUT2D eigenvalue weighted by atomic mass is 16.1. The van der Waals surface area contributed by atoms with Gasteiger partial charge < -0.3 is 5.32 Å². The van der Waals surface area contributed by atoms with E-state index in [1.807, 2.05) is 30.3 Å². The molecule has 124 valence electrons. The van der Waals surface area contributed by atoms with Crippen molar-refractivity contribution in [1.82, 2.24) is 9.55 Å². The first kappa shape index (κ1) is 16.4. The van der Waals surface area contributed by atoms with E-state index >= 15 is 0 Å². The number of rotatable bonds is 4. The van der Waals surface area contributed by atoms with Crippen molar-refractivity contribution in [3.8, 4) is 6.07 Å². The van der Waals surface area contributed by atoms with E-state index < -0.39 is 0 Å². The number of carbonyl (C=O) groups is 1. The molecule has 0 saturated heterocycles. The van der Waals surface area contributed by atoms with Gasteiger partial charge in [0.1, 0.15) is 6.07 Å². The van der Waals surface area contributed by atoms with Crippen LogP contribution in [-0.4, -0.2) is 15.5 Å². The van der Waals surface area contributed by atoms with E-state index in [1.165, 1.54) is 17.8 Å². The second-order valence-electron chi connectivity index (χ2n) is 5.68. The quantitative estimate of drug-likeness (QED) is 0.795. The molecule has 0 fully saturated rings. The number of amides is 1. The Bertz CT molecular complexity index is 1030. The summed E-state index contributed by atoms with van der Waals surface area (Å²) in [4.78, 5) is 27.9. The van der Waals surface area contributed by atoms with Crippen molar-refractivity contribution >= 4 is 22.5 Å². The molecule has 1 aromatic heterocycles. The van der Waals surface area contributed by atoms with Crippen LogP contribution in [0.2, 0.25) is 0 Å². The highest BCUT2D eigenvalue weighted by Gasteiger charge is 2.08. The zero-order valence-corrected chi connectivity index (χ0v) is 13.7. The number of nitriles is 1. The molecule has 3 rings (SSSR count). The lowest BCUT2D eigenvalue weighted by Crippen LogP contribution is -2.22. The number of anilines is 1. The standard InChI is InChI=1S/C19H16N4O2/c1-13(24)22-16-7-5-14(6-8-16)9-10-23-12-21-17-4-2-3-15(11-20)18(17)19(23)25/h2-8,12H,9-10H2,1H3,(H,22,24). The molecular weight excluding hydrogens is 316 g/mol. The van der Waals surface area contributed by atoms with E-state index in [4.69, 9.17) is 0 Å². The van der Waals surface area contributed by atoms with E-state index in [0.29, 0.717) is 29.4 Å². The zero-order chi connectivity index (χ0) is 17.8. The fourth-order valence-electron chi connectivity index (χ4n) is 2.66. The monoisotopic (exact) mass is 332 g/mol. The summed E-state index contributed by atoms with van der Waals surface area (Å²) >= 11 is 0. The molecule has 25 heavy (non-hydrogen) atoms. The molecule has 0 radical (unpaired) electrons. The predicted octanol–water partition coefficient (Wildman–Crippen LogP) is 2.47. The van der Waals surface area contributed by atoms with Crippen LogP contribution in [0, 0.1) is 11.3 Å². The minimum absolute atomic E-state index is 0.116. The van der Waals surface area contributed by atoms with Crippen LogP contribution in [0.4, 0.5) is 5.69 Å². The molecule has 6 heteroatoms. The Labute approximate surface area is 144 Å². The maximum atomic E-state index is 12.6. The highest BCUT2D eigenvalue weighted by Crippen LogP contribution is 2.13. The maximum absolute atomic E-state index is 12.6. The van der Waals surface area contributed by atoms with Crippen LogP contribution in [0.1, 0.15) is 18.1 Å². The van der Waals surface area contributed by atoms with Crippen molar-refractivity contribution in [2.24, 2.45) is 0 Å². The van der Waals surface area contributed by atoms with Crippen LogP contribution < -0.4 is 10.9 Å². The molecule has 0 unspecified atom stereocenters. The van der Waals surface area contributed by atoms with E-state index in [9.17, 15) is 14.9 Å². The molecule has 0 aliphatic heterocycles. The molecule has 2 aromatic carbocycles. The molecule has 3 aromatic rings. The van der Waals surface area contributed by atoms with Crippen molar-refractivity contribution < 1.29 is 4.79 Å². The lowest BCUT2D eigenvalue weighted by molar-refractivity contribution is -0.114. The average molecular weight is 332 g/mol. The summed E-state index contributed by atoms with van der Waals surface area (Å²) in [5, 5.41) is 12.3. The minimum Gasteiger partial charge on any atom is -0.326 e. The third kappa shape index (κ3) is 3.56. The summed E-state index contributed by atoms with van der Waals surface area (Å²) in [6.45, 7) is 1.92. The van der Waals surface area contributed by atoms with Crippen molar-refractivity contribution in [3.05, 3.63) is 70.3 Å². The Hall–Kier alpha value is -3.46. The Balaban J connectivity index is 1.82. The number of fused-ring (bicyclic) bond motifs is 1. The van der Waals surface area contributed by atoms with Gasteiger partial charge in [0.05, 0.1) is 22.8 Å². The number of aromatic nitrogens is 2. The van der Waals surface area contributed by atoms with Gasteiger partial charge in [-0.05, 0) is 36.2 Å². The van der Waals surface area contributed by atoms with Gasteiger partial charge in [0.25, 0.3) is 5.56 Å². The first-order chi connectivity index (χ1) is 12.1. The molecule has 1 heterocycles. The van der Waals surface area contributed by atoms with Crippen LogP contribution in [0.5, 0.6) is 0 Å². The summed E-state index contributed by atoms with van der Waals surface area (Å²) in [6, 6.07) is 14.6. The molecular formula is C19H16N4O2. The van der Waals surface area contributed by atoms with Crippen LogP contribution in [0.3, 0.4) is 0 Å². The number of aryl methyl sites for hydroxylation is 2. The SMILES string of the molecule is CC(=O)Nc1ccc(CCn2cnc3cccc(C#N)c3c2=O)cc1. The lowest BCUT2D eigenvalue weighted by atomic mass is 10.1. The van der Waals surface area contributed by atoms with Crippen LogP contribution in [-0.2, 0) is 17.8 Å². The molecule has 0 aliphatic carbocycles. The van der Waals surface area contributed by atoms with Gasteiger partial charge in [-0.1, -0.05) is 18.2 Å². The topological polar surface area (TPSA) is 87.8 Å². The third-order valence-electron chi connectivity index (χ3n) is 3.89. The maximum Gasteiger partial charge on any atom is 0.262 e. The van der Waals surface area contributed by atoms with Gasteiger partial charge in [-0.25, -0.2) is 4.98 Å². The van der Waals surface area contributed by atoms with E-state index in [0.717, 1.165) is 11.3 Å². The largest absolute Gasteiger partial charge is 0.326 e. The first-order valence-electron chi connectivity index (χ1n) is 7.83. The normalized spacial score (nSPS) is 10.4. The number of nitrogens with one attached hydrogen (secondary N) is 1. The molecule has 1 N–H and O–H groups in total. The van der Waals surface area contributed by atoms with Crippen molar-refractivity contribution in [3.63, 3.8) is 0 Å². The van der Waals surface area contributed by atoms with Crippen molar-refractivity contribution in [1.29, 1.82) is 5.26 Å². The van der Waals surface area contributed by atoms with Crippen LogP contribution >= 0.6 is 0 Å². The lowest BCUT2D eigenvalue weighted by Gasteiger charge is -2.08.